The van der Waals surface area contributed by atoms with Gasteiger partial charge in [-0.05, 0) is 62.4 Å². The van der Waals surface area contributed by atoms with Gasteiger partial charge in [-0.25, -0.2) is 0 Å². The van der Waals surface area contributed by atoms with E-state index in [1.54, 1.807) is 7.11 Å². The topological polar surface area (TPSA) is 21.3 Å². The van der Waals surface area contributed by atoms with Gasteiger partial charge < -0.3 is 10.1 Å². The Morgan fingerprint density at radius 2 is 1.60 bits per heavy atom. The zero-order chi connectivity index (χ0) is 14.4. The molecule has 0 unspecified atom stereocenters. The molecule has 1 saturated carbocycles. The van der Waals surface area contributed by atoms with E-state index in [0.717, 1.165) is 21.2 Å². The molecule has 0 bridgehead atoms. The summed E-state index contributed by atoms with van der Waals surface area (Å²) < 4.78 is 7.35. The maximum absolute atomic E-state index is 5.34. The molecule has 0 aromatic heterocycles. The fourth-order valence-electron chi connectivity index (χ4n) is 2.83. The minimum absolute atomic E-state index is 0.676. The standard InChI is InChI=1S/C16H23Br2NO/c1-20-16-14(17)9-12(10-15(16)18)11-19-13-7-5-3-2-4-6-8-13/h9-10,13,19H,2-8,11H2,1H3. The van der Waals surface area contributed by atoms with Crippen molar-refractivity contribution in [3.05, 3.63) is 26.6 Å². The van der Waals surface area contributed by atoms with E-state index in [1.165, 1.54) is 50.5 Å². The van der Waals surface area contributed by atoms with Crippen molar-refractivity contribution in [2.75, 3.05) is 7.11 Å². The third-order valence-corrected chi connectivity index (χ3v) is 5.14. The number of benzene rings is 1. The smallest absolute Gasteiger partial charge is 0.147 e. The second-order valence-electron chi connectivity index (χ2n) is 5.52. The Bertz CT molecular complexity index is 405. The molecule has 20 heavy (non-hydrogen) atoms. The van der Waals surface area contributed by atoms with E-state index >= 15 is 0 Å². The van der Waals surface area contributed by atoms with Crippen molar-refractivity contribution in [1.29, 1.82) is 0 Å². The highest BCUT2D eigenvalue weighted by atomic mass is 79.9. The Hall–Kier alpha value is -0.0600. The van der Waals surface area contributed by atoms with Crippen LogP contribution in [-0.4, -0.2) is 13.2 Å². The van der Waals surface area contributed by atoms with Crippen molar-refractivity contribution in [2.24, 2.45) is 0 Å². The Balaban J connectivity index is 1.92. The molecule has 2 nitrogen and oxygen atoms in total. The second-order valence-corrected chi connectivity index (χ2v) is 7.22. The molecule has 112 valence electrons. The van der Waals surface area contributed by atoms with E-state index in [-0.39, 0.29) is 0 Å². The molecule has 4 heteroatoms. The van der Waals surface area contributed by atoms with Crippen LogP contribution in [0.15, 0.2) is 21.1 Å². The first-order chi connectivity index (χ1) is 9.70. The van der Waals surface area contributed by atoms with Gasteiger partial charge in [-0.2, -0.15) is 0 Å². The van der Waals surface area contributed by atoms with Crippen LogP contribution in [-0.2, 0) is 6.54 Å². The average molecular weight is 405 g/mol. The van der Waals surface area contributed by atoms with Crippen molar-refractivity contribution in [2.45, 2.75) is 57.5 Å². The van der Waals surface area contributed by atoms with E-state index < -0.39 is 0 Å². The molecule has 0 amide bonds. The highest BCUT2D eigenvalue weighted by Gasteiger charge is 2.12. The normalized spacial score (nSPS) is 17.6. The summed E-state index contributed by atoms with van der Waals surface area (Å²) in [5, 5.41) is 3.72. The SMILES string of the molecule is COc1c(Br)cc(CNC2CCCCCCC2)cc1Br. The maximum Gasteiger partial charge on any atom is 0.147 e. The highest BCUT2D eigenvalue weighted by molar-refractivity contribution is 9.11. The van der Waals surface area contributed by atoms with Crippen LogP contribution in [0.25, 0.3) is 0 Å². The summed E-state index contributed by atoms with van der Waals surface area (Å²) in [6.07, 6.45) is 9.60. The van der Waals surface area contributed by atoms with Crippen molar-refractivity contribution < 1.29 is 4.74 Å². The Morgan fingerprint density at radius 3 is 2.15 bits per heavy atom. The first-order valence-corrected chi connectivity index (χ1v) is 9.04. The lowest BCUT2D eigenvalue weighted by Crippen LogP contribution is -2.29. The van der Waals surface area contributed by atoms with Gasteiger partial charge in [0.15, 0.2) is 0 Å². The fraction of sp³-hybridized carbons (Fsp3) is 0.625. The Kier molecular flexibility index (Phi) is 6.85. The molecule has 1 aliphatic carbocycles. The van der Waals surface area contributed by atoms with E-state index in [0.29, 0.717) is 6.04 Å². The molecule has 2 rings (SSSR count). The zero-order valence-electron chi connectivity index (χ0n) is 12.1. The van der Waals surface area contributed by atoms with Crippen LogP contribution in [0.5, 0.6) is 5.75 Å². The van der Waals surface area contributed by atoms with Gasteiger partial charge in [0.25, 0.3) is 0 Å². The van der Waals surface area contributed by atoms with Crippen LogP contribution in [0.4, 0.5) is 0 Å². The second kappa shape index (κ2) is 8.40. The summed E-state index contributed by atoms with van der Waals surface area (Å²) in [7, 11) is 1.69. The summed E-state index contributed by atoms with van der Waals surface area (Å²) in [5.74, 6) is 0.861. The van der Waals surface area contributed by atoms with Crippen LogP contribution in [0.1, 0.15) is 50.5 Å². The van der Waals surface area contributed by atoms with Crippen LogP contribution in [0, 0.1) is 0 Å². The summed E-state index contributed by atoms with van der Waals surface area (Å²) >= 11 is 7.13. The van der Waals surface area contributed by atoms with Gasteiger partial charge in [-0.3, -0.25) is 0 Å². The molecule has 0 atom stereocenters. The van der Waals surface area contributed by atoms with Crippen molar-refractivity contribution in [3.63, 3.8) is 0 Å². The molecule has 0 radical (unpaired) electrons. The van der Waals surface area contributed by atoms with E-state index in [1.807, 2.05) is 0 Å². The highest BCUT2D eigenvalue weighted by Crippen LogP contribution is 2.34. The quantitative estimate of drug-likeness (QED) is 0.722. The number of halogens is 2. The predicted octanol–water partition coefficient (Wildman–Crippen LogP) is 5.42. The van der Waals surface area contributed by atoms with E-state index in [4.69, 9.17) is 4.74 Å². The molecule has 1 aliphatic rings. The van der Waals surface area contributed by atoms with Gasteiger partial charge in [0.05, 0.1) is 16.1 Å². The number of methoxy groups -OCH3 is 1. The van der Waals surface area contributed by atoms with Gasteiger partial charge in [0.2, 0.25) is 0 Å². The van der Waals surface area contributed by atoms with E-state index in [2.05, 4.69) is 49.3 Å². The first-order valence-electron chi connectivity index (χ1n) is 7.46. The average Bonchev–Trinajstić information content (AvgIpc) is 2.37. The predicted molar refractivity (Wildman–Crippen MR) is 91.3 cm³/mol. The maximum atomic E-state index is 5.34. The monoisotopic (exact) mass is 403 g/mol. The molecule has 0 saturated heterocycles. The van der Waals surface area contributed by atoms with Crippen molar-refractivity contribution >= 4 is 31.9 Å². The molecule has 1 N–H and O–H groups in total. The minimum atomic E-state index is 0.676. The van der Waals surface area contributed by atoms with Gasteiger partial charge in [0.1, 0.15) is 5.75 Å². The molecule has 1 fully saturated rings. The van der Waals surface area contributed by atoms with E-state index in [9.17, 15) is 0 Å². The van der Waals surface area contributed by atoms with Crippen molar-refractivity contribution in [1.82, 2.24) is 5.32 Å². The summed E-state index contributed by atoms with van der Waals surface area (Å²) in [5.41, 5.74) is 1.28. The molecule has 0 heterocycles. The van der Waals surface area contributed by atoms with Crippen LogP contribution >= 0.6 is 31.9 Å². The zero-order valence-corrected chi connectivity index (χ0v) is 15.2. The summed E-state index contributed by atoms with van der Waals surface area (Å²) in [6, 6.07) is 4.95. The lowest BCUT2D eigenvalue weighted by atomic mass is 9.96. The molecule has 1 aromatic carbocycles. The Labute approximate surface area is 138 Å². The first kappa shape index (κ1) is 16.3. The van der Waals surface area contributed by atoms with Crippen LogP contribution < -0.4 is 10.1 Å². The number of hydrogen-bond donors (Lipinski definition) is 1. The van der Waals surface area contributed by atoms with Crippen LogP contribution in [0.3, 0.4) is 0 Å². The summed E-state index contributed by atoms with van der Waals surface area (Å²) in [4.78, 5) is 0. The molecule has 0 spiro atoms. The third-order valence-electron chi connectivity index (χ3n) is 3.96. The minimum Gasteiger partial charge on any atom is -0.494 e. The van der Waals surface area contributed by atoms with Crippen molar-refractivity contribution in [3.8, 4) is 5.75 Å². The largest absolute Gasteiger partial charge is 0.494 e. The molecular formula is C16H23Br2NO. The fourth-order valence-corrected chi connectivity index (χ4v) is 4.44. The van der Waals surface area contributed by atoms with Gasteiger partial charge in [-0.1, -0.05) is 32.1 Å². The summed E-state index contributed by atoms with van der Waals surface area (Å²) in [6.45, 7) is 0.922. The van der Waals surface area contributed by atoms with Gasteiger partial charge in [-0.15, -0.1) is 0 Å². The molecule has 1 aromatic rings. The third kappa shape index (κ3) is 4.74. The lowest BCUT2D eigenvalue weighted by molar-refractivity contribution is 0.388. The van der Waals surface area contributed by atoms with Crippen LogP contribution in [0.2, 0.25) is 0 Å². The number of hydrogen-bond acceptors (Lipinski definition) is 2. The number of ether oxygens (including phenoxy) is 1. The van der Waals surface area contributed by atoms with Gasteiger partial charge >= 0.3 is 0 Å². The lowest BCUT2D eigenvalue weighted by Gasteiger charge is -2.21. The number of nitrogens with one attached hydrogen (secondary N) is 1. The Morgan fingerprint density at radius 1 is 1.05 bits per heavy atom. The van der Waals surface area contributed by atoms with Gasteiger partial charge in [0, 0.05) is 12.6 Å². The molecular weight excluding hydrogens is 382 g/mol. The molecule has 0 aliphatic heterocycles. The number of rotatable bonds is 4.